The normalized spacial score (nSPS) is 30.9. The van der Waals surface area contributed by atoms with E-state index in [1.54, 1.807) is 4.90 Å². The molecule has 2 aliphatic heterocycles. The Kier molecular flexibility index (Phi) is 4.02. The first-order chi connectivity index (χ1) is 9.00. The number of carboxylic acid groups (broad SMARTS) is 1. The molecule has 0 aromatic heterocycles. The van der Waals surface area contributed by atoms with Crippen LogP contribution in [0.1, 0.15) is 46.0 Å². The molecule has 2 atom stereocenters. The molecule has 0 bridgehead atoms. The number of nitrogens with zero attached hydrogens (tertiary/aromatic N) is 2. The third-order valence-electron chi connectivity index (χ3n) is 4.61. The van der Waals surface area contributed by atoms with Crippen LogP contribution < -0.4 is 0 Å². The summed E-state index contributed by atoms with van der Waals surface area (Å²) in [5, 5.41) is 9.46. The lowest BCUT2D eigenvalue weighted by atomic mass is 9.83. The first-order valence-electron chi connectivity index (χ1n) is 7.29. The molecule has 1 N–H and O–H groups in total. The van der Waals surface area contributed by atoms with Crippen LogP contribution in [-0.4, -0.2) is 52.6 Å². The van der Waals surface area contributed by atoms with Crippen molar-refractivity contribution in [2.75, 3.05) is 19.6 Å². The largest absolute Gasteiger partial charge is 0.481 e. The summed E-state index contributed by atoms with van der Waals surface area (Å²) in [5.74, 6) is -0.751. The molecule has 2 saturated heterocycles. The van der Waals surface area contributed by atoms with Gasteiger partial charge >= 0.3 is 12.0 Å². The highest BCUT2D eigenvalue weighted by molar-refractivity contribution is 5.80. The molecule has 0 radical (unpaired) electrons. The zero-order valence-corrected chi connectivity index (χ0v) is 11.9. The fourth-order valence-corrected chi connectivity index (χ4v) is 3.40. The molecule has 19 heavy (non-hydrogen) atoms. The molecule has 2 aliphatic rings. The molecular formula is C14H24N2O3. The number of likely N-dealkylation sites (tertiary alicyclic amines) is 2. The van der Waals surface area contributed by atoms with Gasteiger partial charge in [-0.3, -0.25) is 4.79 Å². The highest BCUT2D eigenvalue weighted by atomic mass is 16.4. The number of urea groups is 1. The van der Waals surface area contributed by atoms with Crippen LogP contribution >= 0.6 is 0 Å². The Morgan fingerprint density at radius 3 is 2.63 bits per heavy atom. The van der Waals surface area contributed by atoms with E-state index < -0.39 is 11.4 Å². The Balaban J connectivity index is 2.04. The maximum absolute atomic E-state index is 12.4. The number of amides is 2. The minimum absolute atomic E-state index is 0.0317. The van der Waals surface area contributed by atoms with E-state index >= 15 is 0 Å². The summed E-state index contributed by atoms with van der Waals surface area (Å²) in [6.07, 6.45) is 4.19. The number of carbonyl (C=O) groups is 2. The summed E-state index contributed by atoms with van der Waals surface area (Å²) >= 11 is 0. The molecule has 108 valence electrons. The minimum atomic E-state index is -0.751. The molecule has 2 fully saturated rings. The van der Waals surface area contributed by atoms with Gasteiger partial charge in [0, 0.05) is 25.7 Å². The third kappa shape index (κ3) is 2.55. The Bertz CT molecular complexity index is 372. The molecule has 0 aliphatic carbocycles. The summed E-state index contributed by atoms with van der Waals surface area (Å²) in [4.78, 5) is 27.6. The zero-order chi connectivity index (χ0) is 14.0. The van der Waals surface area contributed by atoms with Gasteiger partial charge in [0.15, 0.2) is 0 Å². The second-order valence-corrected chi connectivity index (χ2v) is 5.97. The second-order valence-electron chi connectivity index (χ2n) is 5.97. The summed E-state index contributed by atoms with van der Waals surface area (Å²) in [6, 6.07) is 0.322. The fourth-order valence-electron chi connectivity index (χ4n) is 3.40. The Labute approximate surface area is 114 Å². The van der Waals surface area contributed by atoms with Crippen molar-refractivity contribution in [3.8, 4) is 0 Å². The lowest BCUT2D eigenvalue weighted by Gasteiger charge is -2.29. The summed E-state index contributed by atoms with van der Waals surface area (Å²) in [7, 11) is 0. The van der Waals surface area contributed by atoms with E-state index in [1.807, 2.05) is 11.8 Å². The van der Waals surface area contributed by atoms with Crippen LogP contribution in [-0.2, 0) is 4.79 Å². The number of carbonyl (C=O) groups excluding carboxylic acids is 1. The van der Waals surface area contributed by atoms with Crippen molar-refractivity contribution in [3.63, 3.8) is 0 Å². The van der Waals surface area contributed by atoms with Gasteiger partial charge in [-0.15, -0.1) is 0 Å². The molecule has 5 nitrogen and oxygen atoms in total. The summed E-state index contributed by atoms with van der Waals surface area (Å²) in [5.41, 5.74) is -0.715. The quantitative estimate of drug-likeness (QED) is 0.853. The van der Waals surface area contributed by atoms with E-state index in [9.17, 15) is 14.7 Å². The van der Waals surface area contributed by atoms with E-state index in [-0.39, 0.29) is 6.03 Å². The Hall–Kier alpha value is -1.26. The molecule has 5 heteroatoms. The van der Waals surface area contributed by atoms with Gasteiger partial charge in [-0.1, -0.05) is 13.3 Å². The standard InChI is InChI=1S/C14H24N2O3/c1-3-6-14(12(17)18)7-9-15(10-14)13(19)16-8-4-5-11(16)2/h11H,3-10H2,1-2H3,(H,17,18). The Morgan fingerprint density at radius 2 is 2.11 bits per heavy atom. The van der Waals surface area contributed by atoms with Gasteiger partial charge in [-0.2, -0.15) is 0 Å². The SMILES string of the molecule is CCCC1(C(=O)O)CCN(C(=O)N2CCCC2C)C1. The van der Waals surface area contributed by atoms with E-state index in [1.165, 1.54) is 0 Å². The third-order valence-corrected chi connectivity index (χ3v) is 4.61. The summed E-state index contributed by atoms with van der Waals surface area (Å²) in [6.45, 7) is 5.83. The van der Waals surface area contributed by atoms with E-state index in [4.69, 9.17) is 0 Å². The molecule has 0 spiro atoms. The van der Waals surface area contributed by atoms with Crippen LogP contribution in [0, 0.1) is 5.41 Å². The van der Waals surface area contributed by atoms with Crippen molar-refractivity contribution >= 4 is 12.0 Å². The van der Waals surface area contributed by atoms with Crippen LogP contribution in [0.2, 0.25) is 0 Å². The molecule has 2 amide bonds. The maximum atomic E-state index is 12.4. The zero-order valence-electron chi connectivity index (χ0n) is 11.9. The van der Waals surface area contributed by atoms with Gasteiger partial charge in [-0.05, 0) is 32.6 Å². The molecule has 0 aromatic rings. The number of aliphatic carboxylic acids is 1. The van der Waals surface area contributed by atoms with Crippen LogP contribution in [0.15, 0.2) is 0 Å². The first kappa shape index (κ1) is 14.2. The average Bonchev–Trinajstić information content (AvgIpc) is 2.96. The van der Waals surface area contributed by atoms with Crippen molar-refractivity contribution in [2.45, 2.75) is 52.0 Å². The van der Waals surface area contributed by atoms with Crippen molar-refractivity contribution in [1.82, 2.24) is 9.80 Å². The van der Waals surface area contributed by atoms with E-state index in [2.05, 4.69) is 6.92 Å². The van der Waals surface area contributed by atoms with E-state index in [0.29, 0.717) is 32.0 Å². The number of rotatable bonds is 3. The van der Waals surface area contributed by atoms with E-state index in [0.717, 1.165) is 25.8 Å². The van der Waals surface area contributed by atoms with Crippen LogP contribution in [0.5, 0.6) is 0 Å². The lowest BCUT2D eigenvalue weighted by molar-refractivity contribution is -0.148. The predicted molar refractivity (Wildman–Crippen MR) is 72.0 cm³/mol. The average molecular weight is 268 g/mol. The fraction of sp³-hybridized carbons (Fsp3) is 0.857. The number of hydrogen-bond acceptors (Lipinski definition) is 2. The van der Waals surface area contributed by atoms with Crippen LogP contribution in [0.3, 0.4) is 0 Å². The van der Waals surface area contributed by atoms with Gasteiger partial charge in [0.2, 0.25) is 0 Å². The molecular weight excluding hydrogens is 244 g/mol. The molecule has 2 heterocycles. The summed E-state index contributed by atoms with van der Waals surface area (Å²) < 4.78 is 0. The van der Waals surface area contributed by atoms with Crippen LogP contribution in [0.25, 0.3) is 0 Å². The highest BCUT2D eigenvalue weighted by Crippen LogP contribution is 2.36. The highest BCUT2D eigenvalue weighted by Gasteiger charge is 2.46. The number of carboxylic acids is 1. The molecule has 2 rings (SSSR count). The second kappa shape index (κ2) is 5.39. The molecule has 0 aromatic carbocycles. The van der Waals surface area contributed by atoms with Gasteiger partial charge < -0.3 is 14.9 Å². The van der Waals surface area contributed by atoms with Crippen molar-refractivity contribution < 1.29 is 14.7 Å². The molecule has 2 unspecified atom stereocenters. The minimum Gasteiger partial charge on any atom is -0.481 e. The molecule has 0 saturated carbocycles. The van der Waals surface area contributed by atoms with Crippen molar-refractivity contribution in [1.29, 1.82) is 0 Å². The predicted octanol–water partition coefficient (Wildman–Crippen LogP) is 2.17. The van der Waals surface area contributed by atoms with Gasteiger partial charge in [0.25, 0.3) is 0 Å². The Morgan fingerprint density at radius 1 is 1.37 bits per heavy atom. The maximum Gasteiger partial charge on any atom is 0.320 e. The van der Waals surface area contributed by atoms with Crippen molar-refractivity contribution in [2.24, 2.45) is 5.41 Å². The number of hydrogen-bond donors (Lipinski definition) is 1. The monoisotopic (exact) mass is 268 g/mol. The van der Waals surface area contributed by atoms with Crippen molar-refractivity contribution in [3.05, 3.63) is 0 Å². The lowest BCUT2D eigenvalue weighted by Crippen LogP contribution is -2.45. The van der Waals surface area contributed by atoms with Crippen LogP contribution in [0.4, 0.5) is 4.79 Å². The smallest absolute Gasteiger partial charge is 0.320 e. The first-order valence-corrected chi connectivity index (χ1v) is 7.29. The van der Waals surface area contributed by atoms with Gasteiger partial charge in [0.05, 0.1) is 5.41 Å². The van der Waals surface area contributed by atoms with Gasteiger partial charge in [-0.25, -0.2) is 4.79 Å². The van der Waals surface area contributed by atoms with Gasteiger partial charge in [0.1, 0.15) is 0 Å². The topological polar surface area (TPSA) is 60.9 Å².